The molecule has 3 aromatic rings. The highest BCUT2D eigenvalue weighted by Gasteiger charge is 2.07. The van der Waals surface area contributed by atoms with Crippen LogP contribution in [0, 0.1) is 0 Å². The Hall–Kier alpha value is -4.13. The van der Waals surface area contributed by atoms with Crippen molar-refractivity contribution >= 4 is 34.8 Å². The van der Waals surface area contributed by atoms with Gasteiger partial charge in [0, 0.05) is 35.6 Å². The van der Waals surface area contributed by atoms with E-state index < -0.39 is 0 Å². The SMILES string of the molecule is CCCC(=O)Nc1ccc(NC(=O)CNc2ccc(C(=O)NCc3ccccc3)cc2)cc1. The third-order valence-corrected chi connectivity index (χ3v) is 4.83. The Morgan fingerprint density at radius 2 is 1.27 bits per heavy atom. The molecule has 7 nitrogen and oxygen atoms in total. The van der Waals surface area contributed by atoms with Crippen LogP contribution >= 0.6 is 0 Å². The fourth-order valence-corrected chi connectivity index (χ4v) is 3.09. The van der Waals surface area contributed by atoms with Crippen molar-refractivity contribution in [1.82, 2.24) is 5.32 Å². The molecule has 0 bridgehead atoms. The zero-order valence-electron chi connectivity index (χ0n) is 18.6. The molecule has 0 aliphatic carbocycles. The molecular formula is C26H28N4O3. The molecule has 0 heterocycles. The number of carbonyl (C=O) groups is 3. The summed E-state index contributed by atoms with van der Waals surface area (Å²) in [6, 6.07) is 23.6. The smallest absolute Gasteiger partial charge is 0.251 e. The lowest BCUT2D eigenvalue weighted by Gasteiger charge is -2.10. The minimum absolute atomic E-state index is 0.0295. The number of anilines is 3. The first-order valence-corrected chi connectivity index (χ1v) is 10.9. The van der Waals surface area contributed by atoms with Crippen molar-refractivity contribution in [2.24, 2.45) is 0 Å². The summed E-state index contributed by atoms with van der Waals surface area (Å²) >= 11 is 0. The number of hydrogen-bond acceptors (Lipinski definition) is 4. The van der Waals surface area contributed by atoms with E-state index in [4.69, 9.17) is 0 Å². The second kappa shape index (κ2) is 12.0. The van der Waals surface area contributed by atoms with Crippen molar-refractivity contribution in [2.45, 2.75) is 26.3 Å². The van der Waals surface area contributed by atoms with Gasteiger partial charge in [0.2, 0.25) is 11.8 Å². The summed E-state index contributed by atoms with van der Waals surface area (Å²) in [6.07, 6.45) is 1.26. The first kappa shape index (κ1) is 23.5. The van der Waals surface area contributed by atoms with Gasteiger partial charge < -0.3 is 21.3 Å². The highest BCUT2D eigenvalue weighted by Crippen LogP contribution is 2.14. The summed E-state index contributed by atoms with van der Waals surface area (Å²) in [7, 11) is 0. The topological polar surface area (TPSA) is 99.3 Å². The van der Waals surface area contributed by atoms with E-state index >= 15 is 0 Å². The molecule has 3 amide bonds. The average Bonchev–Trinajstić information content (AvgIpc) is 2.83. The molecule has 4 N–H and O–H groups in total. The van der Waals surface area contributed by atoms with Crippen LogP contribution in [-0.2, 0) is 16.1 Å². The Kier molecular flexibility index (Phi) is 8.59. The number of nitrogens with one attached hydrogen (secondary N) is 4. The van der Waals surface area contributed by atoms with E-state index in [9.17, 15) is 14.4 Å². The molecule has 3 rings (SSSR count). The second-order valence-corrected chi connectivity index (χ2v) is 7.52. The molecule has 0 fully saturated rings. The predicted octanol–water partition coefficient (Wildman–Crippen LogP) is 4.41. The molecule has 0 atom stereocenters. The highest BCUT2D eigenvalue weighted by atomic mass is 16.2. The van der Waals surface area contributed by atoms with E-state index in [0.717, 1.165) is 17.7 Å². The molecule has 170 valence electrons. The van der Waals surface area contributed by atoms with Gasteiger partial charge in [-0.1, -0.05) is 37.3 Å². The number of carbonyl (C=O) groups excluding carboxylic acids is 3. The van der Waals surface area contributed by atoms with Crippen LogP contribution in [0.25, 0.3) is 0 Å². The number of hydrogen-bond donors (Lipinski definition) is 4. The summed E-state index contributed by atoms with van der Waals surface area (Å²) in [5.74, 6) is -0.391. The summed E-state index contributed by atoms with van der Waals surface area (Å²) in [5.41, 5.74) is 3.65. The molecule has 0 unspecified atom stereocenters. The first-order valence-electron chi connectivity index (χ1n) is 10.9. The monoisotopic (exact) mass is 444 g/mol. The Morgan fingerprint density at radius 3 is 1.88 bits per heavy atom. The molecule has 3 aromatic carbocycles. The van der Waals surface area contributed by atoms with Gasteiger partial charge in [0.25, 0.3) is 5.91 Å². The zero-order chi connectivity index (χ0) is 23.5. The molecule has 0 spiro atoms. The van der Waals surface area contributed by atoms with Gasteiger partial charge in [0.15, 0.2) is 0 Å². The Labute approximate surface area is 193 Å². The van der Waals surface area contributed by atoms with E-state index in [1.54, 1.807) is 48.5 Å². The van der Waals surface area contributed by atoms with E-state index in [1.165, 1.54) is 0 Å². The quantitative estimate of drug-likeness (QED) is 0.372. The van der Waals surface area contributed by atoms with E-state index in [-0.39, 0.29) is 24.3 Å². The third-order valence-electron chi connectivity index (χ3n) is 4.83. The van der Waals surface area contributed by atoms with Gasteiger partial charge in [-0.05, 0) is 60.5 Å². The molecule has 0 radical (unpaired) electrons. The maximum Gasteiger partial charge on any atom is 0.251 e. The van der Waals surface area contributed by atoms with Crippen LogP contribution in [-0.4, -0.2) is 24.3 Å². The van der Waals surface area contributed by atoms with Crippen LogP contribution in [0.3, 0.4) is 0 Å². The normalized spacial score (nSPS) is 10.2. The fraction of sp³-hybridized carbons (Fsp3) is 0.192. The fourth-order valence-electron chi connectivity index (χ4n) is 3.09. The lowest BCUT2D eigenvalue weighted by atomic mass is 10.1. The van der Waals surface area contributed by atoms with Crippen LogP contribution in [0.15, 0.2) is 78.9 Å². The summed E-state index contributed by atoms with van der Waals surface area (Å²) < 4.78 is 0. The van der Waals surface area contributed by atoms with E-state index in [2.05, 4.69) is 21.3 Å². The Morgan fingerprint density at radius 1 is 0.697 bits per heavy atom. The van der Waals surface area contributed by atoms with Crippen molar-refractivity contribution in [3.05, 3.63) is 90.0 Å². The van der Waals surface area contributed by atoms with Gasteiger partial charge in [-0.25, -0.2) is 0 Å². The molecule has 7 heteroatoms. The maximum atomic E-state index is 12.3. The van der Waals surface area contributed by atoms with E-state index in [1.807, 2.05) is 37.3 Å². The number of rotatable bonds is 10. The van der Waals surface area contributed by atoms with Gasteiger partial charge in [-0.3, -0.25) is 14.4 Å². The summed E-state index contributed by atoms with van der Waals surface area (Å²) in [4.78, 5) is 36.2. The maximum absolute atomic E-state index is 12.3. The van der Waals surface area contributed by atoms with Crippen molar-refractivity contribution in [3.8, 4) is 0 Å². The van der Waals surface area contributed by atoms with Crippen LogP contribution in [0.1, 0.15) is 35.7 Å². The standard InChI is InChI=1S/C26H28N4O3/c1-2-6-24(31)29-22-13-15-23(16-14-22)30-25(32)18-27-21-11-9-20(10-12-21)26(33)28-17-19-7-4-3-5-8-19/h3-5,7-16,27H,2,6,17-18H2,1H3,(H,28,33)(H,29,31)(H,30,32). The summed E-state index contributed by atoms with van der Waals surface area (Å²) in [6.45, 7) is 2.49. The van der Waals surface area contributed by atoms with Crippen LogP contribution in [0.2, 0.25) is 0 Å². The molecule has 0 saturated carbocycles. The summed E-state index contributed by atoms with van der Waals surface area (Å²) in [5, 5.41) is 11.5. The molecule has 0 aliphatic heterocycles. The Bertz CT molecular complexity index is 1060. The van der Waals surface area contributed by atoms with E-state index in [0.29, 0.717) is 29.9 Å². The molecular weight excluding hydrogens is 416 g/mol. The largest absolute Gasteiger partial charge is 0.376 e. The van der Waals surface area contributed by atoms with Gasteiger partial charge in [-0.15, -0.1) is 0 Å². The predicted molar refractivity (Wildman–Crippen MR) is 131 cm³/mol. The van der Waals surface area contributed by atoms with Crippen molar-refractivity contribution in [3.63, 3.8) is 0 Å². The average molecular weight is 445 g/mol. The van der Waals surface area contributed by atoms with Crippen molar-refractivity contribution in [2.75, 3.05) is 22.5 Å². The first-order chi connectivity index (χ1) is 16.0. The zero-order valence-corrected chi connectivity index (χ0v) is 18.6. The number of benzene rings is 3. The lowest BCUT2D eigenvalue weighted by Crippen LogP contribution is -2.23. The minimum Gasteiger partial charge on any atom is -0.376 e. The molecule has 0 aromatic heterocycles. The van der Waals surface area contributed by atoms with Gasteiger partial charge in [0.1, 0.15) is 0 Å². The highest BCUT2D eigenvalue weighted by molar-refractivity contribution is 5.96. The van der Waals surface area contributed by atoms with Crippen LogP contribution in [0.4, 0.5) is 17.1 Å². The van der Waals surface area contributed by atoms with Gasteiger partial charge >= 0.3 is 0 Å². The molecule has 0 aliphatic rings. The second-order valence-electron chi connectivity index (χ2n) is 7.52. The van der Waals surface area contributed by atoms with Crippen LogP contribution < -0.4 is 21.3 Å². The molecule has 33 heavy (non-hydrogen) atoms. The number of amides is 3. The third kappa shape index (κ3) is 7.81. The van der Waals surface area contributed by atoms with Crippen molar-refractivity contribution in [1.29, 1.82) is 0 Å². The van der Waals surface area contributed by atoms with Crippen LogP contribution in [0.5, 0.6) is 0 Å². The Balaban J connectivity index is 1.42. The van der Waals surface area contributed by atoms with Gasteiger partial charge in [0.05, 0.1) is 6.54 Å². The molecule has 0 saturated heterocycles. The van der Waals surface area contributed by atoms with Crippen molar-refractivity contribution < 1.29 is 14.4 Å². The minimum atomic E-state index is -0.206. The van der Waals surface area contributed by atoms with Gasteiger partial charge in [-0.2, -0.15) is 0 Å². The lowest BCUT2D eigenvalue weighted by molar-refractivity contribution is -0.116.